The monoisotopic (exact) mass is 468 g/mol. The van der Waals surface area contributed by atoms with E-state index in [0.29, 0.717) is 49.7 Å². The third-order valence-corrected chi connectivity index (χ3v) is 8.35. The number of carbonyl (C=O) groups is 1. The molecule has 0 bridgehead atoms. The van der Waals surface area contributed by atoms with Crippen molar-refractivity contribution in [2.24, 2.45) is 0 Å². The Bertz CT molecular complexity index is 1050. The molecule has 2 saturated heterocycles. The average Bonchev–Trinajstić information content (AvgIpc) is 3.22. The predicted octanol–water partition coefficient (Wildman–Crippen LogP) is 1.37. The fourth-order valence-electron chi connectivity index (χ4n) is 3.89. The molecule has 0 atom stereocenters. The van der Waals surface area contributed by atoms with Crippen molar-refractivity contribution in [3.63, 3.8) is 0 Å². The van der Waals surface area contributed by atoms with E-state index in [4.69, 9.17) is 21.8 Å². The molecule has 2 aromatic rings. The van der Waals surface area contributed by atoms with Crippen LogP contribution in [-0.4, -0.2) is 68.1 Å². The third kappa shape index (κ3) is 4.79. The second-order valence-corrected chi connectivity index (χ2v) is 10.2. The molecular formula is C19H25ClN6O4S. The summed E-state index contributed by atoms with van der Waals surface area (Å²) in [4.78, 5) is 18.2. The van der Waals surface area contributed by atoms with E-state index in [0.717, 1.165) is 18.8 Å². The van der Waals surface area contributed by atoms with E-state index in [1.807, 2.05) is 6.07 Å². The number of rotatable bonds is 5. The minimum absolute atomic E-state index is 0.0516. The maximum Gasteiger partial charge on any atom is 0.292 e. The smallest absolute Gasteiger partial charge is 0.292 e. The maximum absolute atomic E-state index is 12.9. The maximum atomic E-state index is 12.9. The number of anilines is 3. The molecule has 2 aliphatic heterocycles. The van der Waals surface area contributed by atoms with E-state index in [2.05, 4.69) is 20.5 Å². The third-order valence-electron chi connectivity index (χ3n) is 5.62. The van der Waals surface area contributed by atoms with Crippen molar-refractivity contribution in [2.75, 3.05) is 55.2 Å². The van der Waals surface area contributed by atoms with Crippen molar-refractivity contribution >= 4 is 44.9 Å². The lowest BCUT2D eigenvalue weighted by molar-refractivity contribution is 0.102. The zero-order chi connectivity index (χ0) is 22.0. The summed E-state index contributed by atoms with van der Waals surface area (Å²) in [5.41, 5.74) is 6.73. The molecule has 0 aliphatic carbocycles. The number of sulfonamides is 1. The minimum atomic E-state index is -3.29. The zero-order valence-electron chi connectivity index (χ0n) is 16.9. The van der Waals surface area contributed by atoms with Gasteiger partial charge in [0.25, 0.3) is 11.9 Å². The summed E-state index contributed by atoms with van der Waals surface area (Å²) in [5.74, 6) is -0.489. The number of piperazine rings is 1. The van der Waals surface area contributed by atoms with Gasteiger partial charge in [0.1, 0.15) is 6.26 Å². The number of halogens is 1. The Balaban J connectivity index is 1.41. The van der Waals surface area contributed by atoms with Gasteiger partial charge in [-0.2, -0.15) is 9.29 Å². The van der Waals surface area contributed by atoms with Crippen molar-refractivity contribution in [2.45, 2.75) is 18.1 Å². The van der Waals surface area contributed by atoms with Crippen LogP contribution in [0.25, 0.3) is 0 Å². The Morgan fingerprint density at radius 1 is 1.23 bits per heavy atom. The summed E-state index contributed by atoms with van der Waals surface area (Å²) in [6, 6.07) is 5.22. The highest BCUT2D eigenvalue weighted by atomic mass is 35.5. The molecule has 0 unspecified atom stereocenters. The summed E-state index contributed by atoms with van der Waals surface area (Å²) in [6.07, 6.45) is 2.48. The van der Waals surface area contributed by atoms with Crippen molar-refractivity contribution in [1.29, 1.82) is 0 Å². The van der Waals surface area contributed by atoms with Crippen LogP contribution in [-0.2, 0) is 10.0 Å². The van der Waals surface area contributed by atoms with Crippen LogP contribution in [0.2, 0.25) is 5.02 Å². The van der Waals surface area contributed by atoms with Gasteiger partial charge < -0.3 is 25.7 Å². The van der Waals surface area contributed by atoms with E-state index >= 15 is 0 Å². The van der Waals surface area contributed by atoms with Crippen LogP contribution in [0, 0.1) is 0 Å². The number of aromatic nitrogens is 1. The van der Waals surface area contributed by atoms with Crippen molar-refractivity contribution in [3.8, 4) is 0 Å². The van der Waals surface area contributed by atoms with Gasteiger partial charge >= 0.3 is 0 Å². The summed E-state index contributed by atoms with van der Waals surface area (Å²) in [7, 11) is -3.29. The van der Waals surface area contributed by atoms with Crippen molar-refractivity contribution in [1.82, 2.24) is 14.6 Å². The predicted molar refractivity (Wildman–Crippen MR) is 119 cm³/mol. The lowest BCUT2D eigenvalue weighted by atomic mass is 10.2. The van der Waals surface area contributed by atoms with Gasteiger partial charge in [-0.15, -0.1) is 0 Å². The summed E-state index contributed by atoms with van der Waals surface area (Å²) >= 11 is 6.25. The van der Waals surface area contributed by atoms with Gasteiger partial charge in [0, 0.05) is 31.9 Å². The molecule has 1 amide bonds. The van der Waals surface area contributed by atoms with Gasteiger partial charge in [0.15, 0.2) is 5.69 Å². The minimum Gasteiger partial charge on any atom is -0.431 e. The number of nitrogens with two attached hydrogens (primary N) is 1. The lowest BCUT2D eigenvalue weighted by Gasteiger charge is -2.38. The van der Waals surface area contributed by atoms with E-state index in [-0.39, 0.29) is 17.0 Å². The Morgan fingerprint density at radius 3 is 2.58 bits per heavy atom. The molecule has 10 nitrogen and oxygen atoms in total. The Morgan fingerprint density at radius 2 is 1.94 bits per heavy atom. The summed E-state index contributed by atoms with van der Waals surface area (Å²) < 4.78 is 32.3. The number of benzene rings is 1. The number of piperidine rings is 1. The van der Waals surface area contributed by atoms with Crippen LogP contribution in [0.15, 0.2) is 28.9 Å². The second-order valence-electron chi connectivity index (χ2n) is 7.57. The molecule has 12 heteroatoms. The Kier molecular flexibility index (Phi) is 6.37. The fraction of sp³-hybridized carbons (Fsp3) is 0.474. The van der Waals surface area contributed by atoms with Gasteiger partial charge in [-0.1, -0.05) is 11.6 Å². The quantitative estimate of drug-likeness (QED) is 0.599. The molecular weight excluding hydrogens is 444 g/mol. The summed E-state index contributed by atoms with van der Waals surface area (Å²) in [6.45, 7) is 3.44. The number of hydrogen-bond donors (Lipinski definition) is 3. The average molecular weight is 469 g/mol. The SMILES string of the molecule is Nc1nc(C(=O)Nc2cc(N3CCN(S(=O)(=O)C4CCNCC4)CC3)ccc2Cl)co1. The van der Waals surface area contributed by atoms with Gasteiger partial charge in [0.2, 0.25) is 10.0 Å². The van der Waals surface area contributed by atoms with E-state index in [9.17, 15) is 13.2 Å². The Hall–Kier alpha value is -2.34. The molecule has 4 rings (SSSR count). The number of nitrogen functional groups attached to an aromatic ring is 1. The molecule has 2 fully saturated rings. The molecule has 168 valence electrons. The lowest BCUT2D eigenvalue weighted by Crippen LogP contribution is -2.52. The number of oxazole rings is 1. The van der Waals surface area contributed by atoms with Gasteiger partial charge in [-0.3, -0.25) is 4.79 Å². The molecule has 2 aliphatic rings. The zero-order valence-corrected chi connectivity index (χ0v) is 18.5. The summed E-state index contributed by atoms with van der Waals surface area (Å²) in [5, 5.41) is 5.99. The van der Waals surface area contributed by atoms with E-state index < -0.39 is 15.9 Å². The molecule has 0 radical (unpaired) electrons. The van der Waals surface area contributed by atoms with Crippen molar-refractivity contribution in [3.05, 3.63) is 35.2 Å². The molecule has 1 aromatic heterocycles. The highest BCUT2D eigenvalue weighted by Crippen LogP contribution is 2.29. The van der Waals surface area contributed by atoms with Crippen LogP contribution in [0.5, 0.6) is 0 Å². The van der Waals surface area contributed by atoms with Crippen LogP contribution in [0.1, 0.15) is 23.3 Å². The van der Waals surface area contributed by atoms with Crippen LogP contribution in [0.4, 0.5) is 17.4 Å². The Labute approximate surface area is 185 Å². The van der Waals surface area contributed by atoms with E-state index in [1.54, 1.807) is 16.4 Å². The standard InChI is InChI=1S/C19H25ClN6O4S/c20-15-2-1-13(11-16(15)23-18(27)17-12-30-19(21)24-17)25-7-9-26(10-8-25)31(28,29)14-3-5-22-6-4-14/h1-2,11-12,14,22H,3-10H2,(H2,21,24)(H,23,27). The molecule has 4 N–H and O–H groups in total. The van der Waals surface area contributed by atoms with Crippen LogP contribution < -0.4 is 21.3 Å². The van der Waals surface area contributed by atoms with E-state index in [1.165, 1.54) is 6.26 Å². The largest absolute Gasteiger partial charge is 0.431 e. The highest BCUT2D eigenvalue weighted by molar-refractivity contribution is 7.89. The second kappa shape index (κ2) is 9.03. The molecule has 1 aromatic carbocycles. The number of nitrogens with one attached hydrogen (secondary N) is 2. The first-order valence-electron chi connectivity index (χ1n) is 10.1. The van der Waals surface area contributed by atoms with Gasteiger partial charge in [-0.25, -0.2) is 8.42 Å². The first-order chi connectivity index (χ1) is 14.8. The first kappa shape index (κ1) is 21.9. The first-order valence-corrected chi connectivity index (χ1v) is 12.0. The normalized spacial score (nSPS) is 18.8. The molecule has 0 saturated carbocycles. The topological polar surface area (TPSA) is 134 Å². The number of nitrogens with zero attached hydrogens (tertiary/aromatic N) is 3. The molecule has 3 heterocycles. The number of hydrogen-bond acceptors (Lipinski definition) is 8. The van der Waals surface area contributed by atoms with Crippen molar-refractivity contribution < 1.29 is 17.6 Å². The number of carbonyl (C=O) groups excluding carboxylic acids is 1. The highest BCUT2D eigenvalue weighted by Gasteiger charge is 2.34. The molecule has 31 heavy (non-hydrogen) atoms. The van der Waals surface area contributed by atoms with Crippen LogP contribution >= 0.6 is 11.6 Å². The fourth-order valence-corrected chi connectivity index (χ4v) is 5.98. The van der Waals surface area contributed by atoms with Gasteiger partial charge in [0.05, 0.1) is 16.0 Å². The van der Waals surface area contributed by atoms with Crippen LogP contribution in [0.3, 0.4) is 0 Å². The van der Waals surface area contributed by atoms with Gasteiger partial charge in [-0.05, 0) is 44.1 Å². The number of amides is 1. The molecule has 0 spiro atoms.